The smallest absolute Gasteiger partial charge is 0.0161 e. The standard InChI is InChI=1S/C39H60P4/c1-8-31-18-19-32(9-2)41(31)23-24-42-33(10-3)20-21-34(42)17-15-28-16-22-36-30(25-28)26-40(7)37(36)38-35-14-12-11-13-29(35)27-43(38)39(4,5)6/h11-14,16,22,25,31-34,37-38H,8-10,15,17-21,23-24,26-27H2,1-7H3/t31-,32-,33-,34-,37-,38-,40+,42?,43+/m1/s1. The van der Waals surface area contributed by atoms with E-state index in [1.165, 1.54) is 57.3 Å². The fourth-order valence-electron chi connectivity index (χ4n) is 9.62. The molecule has 0 aromatic heterocycles. The highest BCUT2D eigenvalue weighted by Gasteiger charge is 2.47. The van der Waals surface area contributed by atoms with E-state index in [4.69, 9.17) is 0 Å². The molecule has 236 valence electrons. The number of hydrogen-bond acceptors (Lipinski definition) is 0. The fraction of sp³-hybridized carbons (Fsp3) is 0.692. The van der Waals surface area contributed by atoms with Crippen molar-refractivity contribution in [1.82, 2.24) is 0 Å². The van der Waals surface area contributed by atoms with Crippen molar-refractivity contribution in [3.05, 3.63) is 70.3 Å². The Labute approximate surface area is 270 Å². The average molecular weight is 653 g/mol. The van der Waals surface area contributed by atoms with Crippen LogP contribution < -0.4 is 0 Å². The van der Waals surface area contributed by atoms with Crippen molar-refractivity contribution in [2.24, 2.45) is 0 Å². The van der Waals surface area contributed by atoms with Crippen molar-refractivity contribution in [1.29, 1.82) is 0 Å². The van der Waals surface area contributed by atoms with Crippen molar-refractivity contribution >= 4 is 31.7 Å². The monoisotopic (exact) mass is 652 g/mol. The van der Waals surface area contributed by atoms with Crippen LogP contribution in [0.15, 0.2) is 42.5 Å². The highest BCUT2D eigenvalue weighted by atomic mass is 31.1. The minimum atomic E-state index is -0.0664. The molecular weight excluding hydrogens is 592 g/mol. The summed E-state index contributed by atoms with van der Waals surface area (Å²) >= 11 is 0. The summed E-state index contributed by atoms with van der Waals surface area (Å²) in [5.41, 5.74) is 14.3. The van der Waals surface area contributed by atoms with E-state index < -0.39 is 0 Å². The van der Waals surface area contributed by atoms with Crippen LogP contribution in [0, 0.1) is 0 Å². The third-order valence-electron chi connectivity index (χ3n) is 12.0. The van der Waals surface area contributed by atoms with Gasteiger partial charge in [-0.25, -0.2) is 0 Å². The zero-order valence-corrected chi connectivity index (χ0v) is 32.1. The van der Waals surface area contributed by atoms with E-state index in [9.17, 15) is 0 Å². The summed E-state index contributed by atoms with van der Waals surface area (Å²) < 4.78 is 0. The Hall–Kier alpha value is 0.160. The first-order valence-corrected chi connectivity index (χ1v) is 24.9. The highest BCUT2D eigenvalue weighted by molar-refractivity contribution is 7.63. The van der Waals surface area contributed by atoms with Gasteiger partial charge >= 0.3 is 0 Å². The molecule has 2 aromatic carbocycles. The molecule has 0 radical (unpaired) electrons. The summed E-state index contributed by atoms with van der Waals surface area (Å²) in [5, 5.41) is 0.404. The Morgan fingerprint density at radius 1 is 0.674 bits per heavy atom. The minimum Gasteiger partial charge on any atom is -0.100 e. The number of rotatable bonds is 10. The summed E-state index contributed by atoms with van der Waals surface area (Å²) in [7, 11) is 0.438. The summed E-state index contributed by atoms with van der Waals surface area (Å²) in [6.45, 7) is 17.7. The summed E-state index contributed by atoms with van der Waals surface area (Å²) in [5.74, 6) is 0. The zero-order chi connectivity index (χ0) is 30.3. The van der Waals surface area contributed by atoms with Crippen LogP contribution in [-0.2, 0) is 18.7 Å². The molecule has 0 amide bonds. The topological polar surface area (TPSA) is 0 Å². The molecule has 0 nitrogen and oxygen atoms in total. The maximum absolute atomic E-state index is 2.70. The summed E-state index contributed by atoms with van der Waals surface area (Å²) in [4.78, 5) is 0. The molecule has 4 aliphatic rings. The third-order valence-corrected chi connectivity index (χ3v) is 26.2. The van der Waals surface area contributed by atoms with E-state index in [-0.39, 0.29) is 23.8 Å². The SMILES string of the molecule is CC[C@@H]1CC[C@@H](CCc2ccc3c(c2)C[P@](C)[C@H]3[C@H]2c3ccccc3C[P@]2C(C)(C)C)P1CCP1[C@H](CC)CC[C@H]1CC. The van der Waals surface area contributed by atoms with Crippen LogP contribution in [0.5, 0.6) is 0 Å². The molecule has 0 spiro atoms. The molecule has 6 rings (SSSR count). The molecule has 0 bridgehead atoms. The molecular formula is C39H60P4. The number of hydrogen-bond donors (Lipinski definition) is 0. The highest BCUT2D eigenvalue weighted by Crippen LogP contribution is 2.78. The molecule has 0 saturated carbocycles. The first kappa shape index (κ1) is 33.1. The molecule has 2 aromatic rings. The van der Waals surface area contributed by atoms with Gasteiger partial charge in [0.2, 0.25) is 0 Å². The van der Waals surface area contributed by atoms with E-state index in [1.807, 2.05) is 0 Å². The molecule has 0 N–H and O–H groups in total. The Morgan fingerprint density at radius 2 is 1.26 bits per heavy atom. The van der Waals surface area contributed by atoms with E-state index >= 15 is 0 Å². The molecule has 4 aliphatic heterocycles. The Morgan fingerprint density at radius 3 is 1.88 bits per heavy atom. The Balaban J connectivity index is 1.14. The maximum atomic E-state index is 2.70. The average Bonchev–Trinajstić information content (AvgIpc) is 3.75. The van der Waals surface area contributed by atoms with Crippen LogP contribution in [-0.4, -0.2) is 46.8 Å². The van der Waals surface area contributed by atoms with Gasteiger partial charge in [-0.3, -0.25) is 0 Å². The lowest BCUT2D eigenvalue weighted by molar-refractivity contribution is 0.674. The van der Waals surface area contributed by atoms with Gasteiger partial charge < -0.3 is 0 Å². The van der Waals surface area contributed by atoms with Gasteiger partial charge in [0.15, 0.2) is 0 Å². The Bertz CT molecular complexity index is 1220. The molecule has 2 fully saturated rings. The van der Waals surface area contributed by atoms with Gasteiger partial charge in [0.05, 0.1) is 0 Å². The molecule has 4 heteroatoms. The predicted octanol–water partition coefficient (Wildman–Crippen LogP) is 13.1. The van der Waals surface area contributed by atoms with E-state index in [2.05, 4.69) is 90.7 Å². The first-order valence-electron chi connectivity index (χ1n) is 17.9. The summed E-state index contributed by atoms with van der Waals surface area (Å²) in [6, 6.07) is 17.4. The molecule has 43 heavy (non-hydrogen) atoms. The summed E-state index contributed by atoms with van der Waals surface area (Å²) in [6.07, 6.45) is 19.2. The Kier molecular flexibility index (Phi) is 10.8. The van der Waals surface area contributed by atoms with Crippen LogP contribution in [0.25, 0.3) is 0 Å². The lowest BCUT2D eigenvalue weighted by Gasteiger charge is -2.38. The van der Waals surface area contributed by atoms with Crippen molar-refractivity contribution < 1.29 is 0 Å². The van der Waals surface area contributed by atoms with Gasteiger partial charge in [0.25, 0.3) is 0 Å². The third kappa shape index (κ3) is 6.78. The van der Waals surface area contributed by atoms with Gasteiger partial charge in [0.1, 0.15) is 0 Å². The minimum absolute atomic E-state index is 0.00943. The van der Waals surface area contributed by atoms with Crippen molar-refractivity contribution in [2.45, 2.75) is 151 Å². The first-order chi connectivity index (χ1) is 20.7. The lowest BCUT2D eigenvalue weighted by atomic mass is 9.95. The van der Waals surface area contributed by atoms with Gasteiger partial charge in [0, 0.05) is 11.3 Å². The van der Waals surface area contributed by atoms with Gasteiger partial charge in [-0.05, 0) is 145 Å². The number of aryl methyl sites for hydroxylation is 1. The number of fused-ring (bicyclic) bond motifs is 2. The molecule has 2 saturated heterocycles. The van der Waals surface area contributed by atoms with Crippen LogP contribution in [0.2, 0.25) is 0 Å². The molecule has 0 aliphatic carbocycles. The predicted molar refractivity (Wildman–Crippen MR) is 202 cm³/mol. The molecule has 4 heterocycles. The second kappa shape index (κ2) is 14.1. The van der Waals surface area contributed by atoms with Gasteiger partial charge in [-0.2, -0.15) is 0 Å². The molecule has 9 atom stereocenters. The van der Waals surface area contributed by atoms with Crippen LogP contribution >= 0.6 is 31.7 Å². The van der Waals surface area contributed by atoms with Crippen molar-refractivity contribution in [3.8, 4) is 0 Å². The number of benzene rings is 2. The fourth-order valence-corrected chi connectivity index (χ4v) is 24.7. The van der Waals surface area contributed by atoms with Crippen molar-refractivity contribution in [3.63, 3.8) is 0 Å². The van der Waals surface area contributed by atoms with Crippen LogP contribution in [0.1, 0.15) is 132 Å². The van der Waals surface area contributed by atoms with Crippen molar-refractivity contribution in [2.75, 3.05) is 19.0 Å². The van der Waals surface area contributed by atoms with Gasteiger partial charge in [-0.1, -0.05) is 108 Å². The van der Waals surface area contributed by atoms with E-state index in [1.54, 1.807) is 53.0 Å². The quantitative estimate of drug-likeness (QED) is 0.224. The normalized spacial score (nSPS) is 34.2. The van der Waals surface area contributed by atoms with Crippen LogP contribution in [0.3, 0.4) is 0 Å². The van der Waals surface area contributed by atoms with Gasteiger partial charge in [-0.15, -0.1) is 7.92 Å². The zero-order valence-electron chi connectivity index (χ0n) is 28.5. The largest absolute Gasteiger partial charge is 0.100 e. The lowest BCUT2D eigenvalue weighted by Crippen LogP contribution is -2.16. The second-order valence-electron chi connectivity index (χ2n) is 15.3. The maximum Gasteiger partial charge on any atom is 0.0161 e. The molecule has 1 unspecified atom stereocenters. The van der Waals surface area contributed by atoms with E-state index in [0.717, 1.165) is 34.0 Å². The van der Waals surface area contributed by atoms with Crippen LogP contribution in [0.4, 0.5) is 0 Å². The second-order valence-corrected chi connectivity index (χ2v) is 26.8. The van der Waals surface area contributed by atoms with E-state index in [0.29, 0.717) is 13.1 Å².